The van der Waals surface area contributed by atoms with Crippen LogP contribution in [0.2, 0.25) is 0 Å². The van der Waals surface area contributed by atoms with Crippen LogP contribution in [-0.2, 0) is 0 Å². The molecule has 2 N–H and O–H groups in total. The van der Waals surface area contributed by atoms with E-state index in [0.29, 0.717) is 28.8 Å². The fourth-order valence-corrected chi connectivity index (χ4v) is 2.82. The largest absolute Gasteiger partial charge is 0.340 e. The molecule has 0 fully saturated rings. The highest BCUT2D eigenvalue weighted by Crippen LogP contribution is 2.26. The van der Waals surface area contributed by atoms with E-state index in [0.717, 1.165) is 5.69 Å². The number of hydrogen-bond donors (Lipinski definition) is 2. The number of anilines is 3. The van der Waals surface area contributed by atoms with Crippen LogP contribution in [0.4, 0.5) is 17.2 Å². The quantitative estimate of drug-likeness (QED) is 0.674. The Morgan fingerprint density at radius 2 is 1.79 bits per heavy atom. The molecule has 3 aromatic rings. The van der Waals surface area contributed by atoms with Gasteiger partial charge in [0.05, 0.1) is 11.6 Å². The highest BCUT2D eigenvalue weighted by molar-refractivity contribution is 6.03. The van der Waals surface area contributed by atoms with Crippen molar-refractivity contribution in [1.29, 1.82) is 5.26 Å². The average molecular weight is 371 g/mol. The van der Waals surface area contributed by atoms with E-state index in [1.54, 1.807) is 37.3 Å². The highest BCUT2D eigenvalue weighted by Gasteiger charge is 2.13. The van der Waals surface area contributed by atoms with Crippen LogP contribution >= 0.6 is 0 Å². The van der Waals surface area contributed by atoms with Crippen molar-refractivity contribution in [2.24, 2.45) is 0 Å². The lowest BCUT2D eigenvalue weighted by atomic mass is 10.0. The normalized spacial score (nSPS) is 10.4. The van der Waals surface area contributed by atoms with E-state index < -0.39 is 0 Å². The Morgan fingerprint density at radius 3 is 2.46 bits per heavy atom. The lowest BCUT2D eigenvalue weighted by Gasteiger charge is -2.15. The van der Waals surface area contributed by atoms with Crippen molar-refractivity contribution in [2.45, 2.75) is 26.7 Å². The number of hydrogen-bond acceptors (Lipinski definition) is 5. The molecule has 0 saturated heterocycles. The summed E-state index contributed by atoms with van der Waals surface area (Å²) in [7, 11) is 0. The van der Waals surface area contributed by atoms with Gasteiger partial charge >= 0.3 is 0 Å². The summed E-state index contributed by atoms with van der Waals surface area (Å²) in [5.74, 6) is 1.07. The zero-order chi connectivity index (χ0) is 20.1. The van der Waals surface area contributed by atoms with Gasteiger partial charge < -0.3 is 10.6 Å². The fourth-order valence-electron chi connectivity index (χ4n) is 2.82. The molecule has 0 atom stereocenters. The number of carbonyl (C=O) groups excluding carboxylic acids is 1. The number of benzene rings is 2. The maximum Gasteiger partial charge on any atom is 0.274 e. The van der Waals surface area contributed by atoms with E-state index in [2.05, 4.69) is 40.5 Å². The van der Waals surface area contributed by atoms with Crippen LogP contribution in [0.3, 0.4) is 0 Å². The molecule has 0 spiro atoms. The molecule has 6 nitrogen and oxygen atoms in total. The van der Waals surface area contributed by atoms with Crippen molar-refractivity contribution < 1.29 is 4.79 Å². The predicted octanol–water partition coefficient (Wildman–Crippen LogP) is 4.78. The third-order valence-electron chi connectivity index (χ3n) is 4.19. The Hall–Kier alpha value is -3.72. The number of amides is 1. The van der Waals surface area contributed by atoms with E-state index in [1.807, 2.05) is 24.3 Å². The number of rotatable bonds is 5. The van der Waals surface area contributed by atoms with Gasteiger partial charge in [0.15, 0.2) is 0 Å². The van der Waals surface area contributed by atoms with Gasteiger partial charge in [-0.1, -0.05) is 32.0 Å². The minimum atomic E-state index is -0.338. The molecule has 0 aliphatic rings. The maximum atomic E-state index is 12.6. The predicted molar refractivity (Wildman–Crippen MR) is 110 cm³/mol. The summed E-state index contributed by atoms with van der Waals surface area (Å²) in [6.07, 6.45) is 0. The molecule has 1 amide bonds. The van der Waals surface area contributed by atoms with Crippen LogP contribution in [0, 0.1) is 18.3 Å². The van der Waals surface area contributed by atoms with Gasteiger partial charge in [0.25, 0.3) is 5.91 Å². The second kappa shape index (κ2) is 8.31. The fraction of sp³-hybridized carbons (Fsp3) is 0.182. The molecule has 0 bridgehead atoms. The minimum absolute atomic E-state index is 0.265. The summed E-state index contributed by atoms with van der Waals surface area (Å²) in [4.78, 5) is 21.3. The van der Waals surface area contributed by atoms with Crippen molar-refractivity contribution in [3.63, 3.8) is 0 Å². The van der Waals surface area contributed by atoms with Gasteiger partial charge in [-0.3, -0.25) is 4.79 Å². The molecular formula is C22H21N5O. The van der Waals surface area contributed by atoms with E-state index in [9.17, 15) is 4.79 Å². The van der Waals surface area contributed by atoms with Crippen LogP contribution in [0.25, 0.3) is 0 Å². The highest BCUT2D eigenvalue weighted by atomic mass is 16.1. The number of para-hydroxylation sites is 1. The van der Waals surface area contributed by atoms with Crippen LogP contribution in [-0.4, -0.2) is 15.9 Å². The average Bonchev–Trinajstić information content (AvgIpc) is 2.68. The Balaban J connectivity index is 1.83. The van der Waals surface area contributed by atoms with Crippen molar-refractivity contribution >= 4 is 23.1 Å². The topological polar surface area (TPSA) is 90.7 Å². The summed E-state index contributed by atoms with van der Waals surface area (Å²) in [5, 5.41) is 15.0. The molecule has 28 heavy (non-hydrogen) atoms. The van der Waals surface area contributed by atoms with Crippen molar-refractivity contribution in [1.82, 2.24) is 9.97 Å². The maximum absolute atomic E-state index is 12.6. The summed E-state index contributed by atoms with van der Waals surface area (Å²) >= 11 is 0. The first-order chi connectivity index (χ1) is 13.5. The second-order valence-corrected chi connectivity index (χ2v) is 6.70. The van der Waals surface area contributed by atoms with Gasteiger partial charge in [-0.05, 0) is 48.7 Å². The van der Waals surface area contributed by atoms with E-state index in [4.69, 9.17) is 5.26 Å². The molecule has 140 valence electrons. The van der Waals surface area contributed by atoms with E-state index >= 15 is 0 Å². The van der Waals surface area contributed by atoms with Crippen LogP contribution in [0.15, 0.2) is 54.6 Å². The van der Waals surface area contributed by atoms with Gasteiger partial charge in [-0.2, -0.15) is 5.26 Å². The molecule has 0 aliphatic heterocycles. The Bertz CT molecular complexity index is 1040. The lowest BCUT2D eigenvalue weighted by molar-refractivity contribution is 0.102. The van der Waals surface area contributed by atoms with Crippen molar-refractivity contribution in [2.75, 3.05) is 10.6 Å². The van der Waals surface area contributed by atoms with Gasteiger partial charge in [-0.25, -0.2) is 9.97 Å². The molecule has 3 rings (SSSR count). The van der Waals surface area contributed by atoms with Crippen molar-refractivity contribution in [3.05, 3.63) is 77.2 Å². The van der Waals surface area contributed by atoms with Gasteiger partial charge in [0.1, 0.15) is 17.3 Å². The van der Waals surface area contributed by atoms with E-state index in [-0.39, 0.29) is 11.6 Å². The van der Waals surface area contributed by atoms with Gasteiger partial charge in [0.2, 0.25) is 0 Å². The molecule has 2 aromatic carbocycles. The zero-order valence-electron chi connectivity index (χ0n) is 16.0. The molecular weight excluding hydrogens is 350 g/mol. The van der Waals surface area contributed by atoms with Crippen LogP contribution in [0.1, 0.15) is 47.2 Å². The molecule has 0 unspecified atom stereocenters. The standard InChI is InChI=1S/C22H21N5O/c1-14(2)18-6-4-5-7-19(18)27-21-12-20(24-15(3)25-21)22(28)26-17-10-8-16(13-23)9-11-17/h4-12,14H,1-3H3,(H,26,28)(H,24,25,27). The summed E-state index contributed by atoms with van der Waals surface area (Å²) in [6.45, 7) is 6.00. The summed E-state index contributed by atoms with van der Waals surface area (Å²) in [6, 6.07) is 18.4. The van der Waals surface area contributed by atoms with Crippen LogP contribution in [0.5, 0.6) is 0 Å². The Kier molecular flexibility index (Phi) is 5.66. The molecule has 6 heteroatoms. The summed E-state index contributed by atoms with van der Waals surface area (Å²) in [5.41, 5.74) is 3.52. The first-order valence-corrected chi connectivity index (χ1v) is 8.99. The molecule has 0 saturated carbocycles. The molecule has 1 aromatic heterocycles. The molecule has 1 heterocycles. The SMILES string of the molecule is Cc1nc(Nc2ccccc2C(C)C)cc(C(=O)Nc2ccc(C#N)cc2)n1. The third kappa shape index (κ3) is 4.51. The Labute approximate surface area is 164 Å². The Morgan fingerprint density at radius 1 is 1.07 bits per heavy atom. The number of nitriles is 1. The number of nitrogens with zero attached hydrogens (tertiary/aromatic N) is 3. The van der Waals surface area contributed by atoms with Crippen molar-refractivity contribution in [3.8, 4) is 6.07 Å². The second-order valence-electron chi connectivity index (χ2n) is 6.70. The number of nitrogens with one attached hydrogen (secondary N) is 2. The first kappa shape index (κ1) is 19.1. The molecule has 0 aliphatic carbocycles. The zero-order valence-corrected chi connectivity index (χ0v) is 16.0. The number of aromatic nitrogens is 2. The van der Waals surface area contributed by atoms with Gasteiger partial charge in [0, 0.05) is 17.4 Å². The third-order valence-corrected chi connectivity index (χ3v) is 4.19. The smallest absolute Gasteiger partial charge is 0.274 e. The summed E-state index contributed by atoms with van der Waals surface area (Å²) < 4.78 is 0. The lowest BCUT2D eigenvalue weighted by Crippen LogP contribution is -2.15. The first-order valence-electron chi connectivity index (χ1n) is 8.99. The number of carbonyl (C=O) groups is 1. The minimum Gasteiger partial charge on any atom is -0.340 e. The number of aryl methyl sites for hydroxylation is 1. The van der Waals surface area contributed by atoms with Crippen LogP contribution < -0.4 is 10.6 Å². The molecule has 0 radical (unpaired) electrons. The van der Waals surface area contributed by atoms with E-state index in [1.165, 1.54) is 5.56 Å². The monoisotopic (exact) mass is 371 g/mol. The van der Waals surface area contributed by atoms with Gasteiger partial charge in [-0.15, -0.1) is 0 Å².